The number of carboxylic acids is 1. The third kappa shape index (κ3) is 1.93. The number of hydrogen-bond donors (Lipinski definition) is 1. The first-order valence-corrected chi connectivity index (χ1v) is 5.80. The number of aromatic nitrogens is 1. The normalized spacial score (nSPS) is 11.3. The Balaban J connectivity index is 2.75. The van der Waals surface area contributed by atoms with Crippen LogP contribution >= 0.6 is 0 Å². The fourth-order valence-electron chi connectivity index (χ4n) is 2.48. The van der Waals surface area contributed by atoms with Gasteiger partial charge in [-0.15, -0.1) is 0 Å². The maximum absolute atomic E-state index is 11.0. The lowest BCUT2D eigenvalue weighted by molar-refractivity contribution is -0.136. The van der Waals surface area contributed by atoms with Gasteiger partial charge in [-0.2, -0.15) is 0 Å². The van der Waals surface area contributed by atoms with E-state index >= 15 is 0 Å². The van der Waals surface area contributed by atoms with Crippen molar-refractivity contribution in [2.45, 2.75) is 26.2 Å². The maximum Gasteiger partial charge on any atom is 0.309 e. The number of nitrogens with zero attached hydrogens (tertiary/aromatic N) is 1. The summed E-state index contributed by atoms with van der Waals surface area (Å²) in [5, 5.41) is 10.2. The van der Waals surface area contributed by atoms with Crippen LogP contribution in [0.5, 0.6) is 0 Å². The molecular formula is C14H17NO2. The highest BCUT2D eigenvalue weighted by molar-refractivity contribution is 5.87. The van der Waals surface area contributed by atoms with Gasteiger partial charge in [0.1, 0.15) is 0 Å². The molecule has 0 unspecified atom stereocenters. The molecule has 1 aromatic carbocycles. The number of para-hydroxylation sites is 1. The molecule has 3 heteroatoms. The molecule has 2 rings (SSSR count). The van der Waals surface area contributed by atoms with Crippen molar-refractivity contribution in [3.63, 3.8) is 0 Å². The van der Waals surface area contributed by atoms with Gasteiger partial charge in [0.2, 0.25) is 0 Å². The van der Waals surface area contributed by atoms with Gasteiger partial charge in [0.05, 0.1) is 6.42 Å². The van der Waals surface area contributed by atoms with E-state index < -0.39 is 5.97 Å². The van der Waals surface area contributed by atoms with Crippen LogP contribution in [0.15, 0.2) is 24.3 Å². The van der Waals surface area contributed by atoms with E-state index in [1.54, 1.807) is 0 Å². The summed E-state index contributed by atoms with van der Waals surface area (Å²) in [4.78, 5) is 11.0. The van der Waals surface area contributed by atoms with Gasteiger partial charge >= 0.3 is 5.97 Å². The highest BCUT2D eigenvalue weighted by atomic mass is 16.4. The average Bonchev–Trinajstić information content (AvgIpc) is 2.52. The number of carbonyl (C=O) groups is 1. The minimum atomic E-state index is -0.780. The van der Waals surface area contributed by atoms with Gasteiger partial charge in [-0.25, -0.2) is 0 Å². The fourth-order valence-corrected chi connectivity index (χ4v) is 2.48. The third-order valence-electron chi connectivity index (χ3n) is 3.17. The summed E-state index contributed by atoms with van der Waals surface area (Å²) >= 11 is 0. The Morgan fingerprint density at radius 3 is 2.59 bits per heavy atom. The van der Waals surface area contributed by atoms with Crippen LogP contribution in [0.4, 0.5) is 0 Å². The summed E-state index contributed by atoms with van der Waals surface area (Å²) in [6.07, 6.45) is 0.0820. The van der Waals surface area contributed by atoms with Crippen molar-refractivity contribution in [1.29, 1.82) is 0 Å². The number of hydrogen-bond acceptors (Lipinski definition) is 1. The predicted octanol–water partition coefficient (Wildman–Crippen LogP) is 2.93. The smallest absolute Gasteiger partial charge is 0.309 e. The highest BCUT2D eigenvalue weighted by Gasteiger charge is 2.18. The van der Waals surface area contributed by atoms with Crippen molar-refractivity contribution < 1.29 is 9.90 Å². The number of aliphatic carboxylic acids is 1. The van der Waals surface area contributed by atoms with Crippen molar-refractivity contribution >= 4 is 16.9 Å². The van der Waals surface area contributed by atoms with Gasteiger partial charge in [-0.3, -0.25) is 4.79 Å². The van der Waals surface area contributed by atoms with Crippen LogP contribution in [0.25, 0.3) is 10.9 Å². The van der Waals surface area contributed by atoms with Crippen LogP contribution in [0.2, 0.25) is 0 Å². The zero-order valence-corrected chi connectivity index (χ0v) is 10.4. The standard InChI is InChI=1S/C14H17NO2/c1-9(2)14-10-6-4-5-7-11(10)15(3)12(14)8-13(16)17/h4-7,9H,8H2,1-3H3,(H,16,17). The molecule has 0 atom stereocenters. The van der Waals surface area contributed by atoms with Gasteiger partial charge in [0, 0.05) is 23.6 Å². The fraction of sp³-hybridized carbons (Fsp3) is 0.357. The molecular weight excluding hydrogens is 214 g/mol. The van der Waals surface area contributed by atoms with E-state index in [4.69, 9.17) is 5.11 Å². The maximum atomic E-state index is 11.0. The van der Waals surface area contributed by atoms with E-state index in [2.05, 4.69) is 19.9 Å². The summed E-state index contributed by atoms with van der Waals surface area (Å²) in [7, 11) is 1.94. The zero-order valence-electron chi connectivity index (χ0n) is 10.4. The first-order valence-electron chi connectivity index (χ1n) is 5.80. The van der Waals surface area contributed by atoms with E-state index in [9.17, 15) is 4.79 Å². The van der Waals surface area contributed by atoms with Crippen LogP contribution in [0.1, 0.15) is 31.0 Å². The van der Waals surface area contributed by atoms with Crippen LogP contribution in [-0.4, -0.2) is 15.6 Å². The van der Waals surface area contributed by atoms with Gasteiger partial charge in [0.15, 0.2) is 0 Å². The van der Waals surface area contributed by atoms with Crippen LogP contribution in [0.3, 0.4) is 0 Å². The Hall–Kier alpha value is -1.77. The quantitative estimate of drug-likeness (QED) is 0.882. The van der Waals surface area contributed by atoms with E-state index in [1.165, 1.54) is 5.39 Å². The van der Waals surface area contributed by atoms with Gasteiger partial charge in [-0.1, -0.05) is 32.0 Å². The van der Waals surface area contributed by atoms with Crippen molar-refractivity contribution in [3.05, 3.63) is 35.5 Å². The Labute approximate surface area is 101 Å². The van der Waals surface area contributed by atoms with Crippen molar-refractivity contribution in [2.75, 3.05) is 0 Å². The lowest BCUT2D eigenvalue weighted by atomic mass is 9.98. The number of carboxylic acid groups (broad SMARTS) is 1. The molecule has 0 aliphatic heterocycles. The average molecular weight is 231 g/mol. The molecule has 1 aromatic heterocycles. The third-order valence-corrected chi connectivity index (χ3v) is 3.17. The molecule has 90 valence electrons. The number of aryl methyl sites for hydroxylation is 1. The monoisotopic (exact) mass is 231 g/mol. The molecule has 0 fully saturated rings. The summed E-state index contributed by atoms with van der Waals surface area (Å²) in [5.74, 6) is -0.451. The highest BCUT2D eigenvalue weighted by Crippen LogP contribution is 2.31. The van der Waals surface area contributed by atoms with Crippen LogP contribution in [-0.2, 0) is 18.3 Å². The van der Waals surface area contributed by atoms with Crippen molar-refractivity contribution in [2.24, 2.45) is 7.05 Å². The second kappa shape index (κ2) is 4.24. The number of benzene rings is 1. The molecule has 3 nitrogen and oxygen atoms in total. The van der Waals surface area contributed by atoms with Crippen molar-refractivity contribution in [3.8, 4) is 0 Å². The first kappa shape index (κ1) is 11.7. The summed E-state index contributed by atoms with van der Waals surface area (Å²) < 4.78 is 2.00. The first-order chi connectivity index (χ1) is 8.02. The molecule has 17 heavy (non-hydrogen) atoms. The summed E-state index contributed by atoms with van der Waals surface area (Å²) in [6.45, 7) is 4.21. The second-order valence-electron chi connectivity index (χ2n) is 4.66. The lowest BCUT2D eigenvalue weighted by Gasteiger charge is -2.08. The summed E-state index contributed by atoms with van der Waals surface area (Å²) in [6, 6.07) is 8.08. The molecule has 0 saturated heterocycles. The summed E-state index contributed by atoms with van der Waals surface area (Å²) in [5.41, 5.74) is 3.17. The zero-order chi connectivity index (χ0) is 12.6. The molecule has 1 heterocycles. The van der Waals surface area contributed by atoms with Gasteiger partial charge in [0.25, 0.3) is 0 Å². The molecule has 2 aromatic rings. The largest absolute Gasteiger partial charge is 0.481 e. The van der Waals surface area contributed by atoms with E-state index in [1.807, 2.05) is 29.8 Å². The SMILES string of the molecule is CC(C)c1c(CC(=O)O)n(C)c2ccccc12. The van der Waals surface area contributed by atoms with E-state index in [-0.39, 0.29) is 6.42 Å². The van der Waals surface area contributed by atoms with Crippen molar-refractivity contribution in [1.82, 2.24) is 4.57 Å². The minimum Gasteiger partial charge on any atom is -0.481 e. The topological polar surface area (TPSA) is 42.2 Å². The Bertz CT molecular complexity index is 567. The lowest BCUT2D eigenvalue weighted by Crippen LogP contribution is -2.08. The van der Waals surface area contributed by atoms with Crippen LogP contribution in [0, 0.1) is 0 Å². The van der Waals surface area contributed by atoms with Gasteiger partial charge < -0.3 is 9.67 Å². The van der Waals surface area contributed by atoms with Crippen LogP contribution < -0.4 is 0 Å². The molecule has 0 aliphatic carbocycles. The second-order valence-corrected chi connectivity index (χ2v) is 4.66. The Kier molecular flexibility index (Phi) is 2.92. The molecule has 0 radical (unpaired) electrons. The minimum absolute atomic E-state index is 0.0820. The molecule has 0 spiro atoms. The Morgan fingerprint density at radius 1 is 1.35 bits per heavy atom. The predicted molar refractivity (Wildman–Crippen MR) is 68.3 cm³/mol. The number of fused-ring (bicyclic) bond motifs is 1. The Morgan fingerprint density at radius 2 is 2.00 bits per heavy atom. The molecule has 0 aliphatic rings. The molecule has 0 saturated carbocycles. The molecule has 0 bridgehead atoms. The molecule has 0 amide bonds. The van der Waals surface area contributed by atoms with E-state index in [0.717, 1.165) is 16.8 Å². The van der Waals surface area contributed by atoms with Gasteiger partial charge in [-0.05, 0) is 17.5 Å². The van der Waals surface area contributed by atoms with E-state index in [0.29, 0.717) is 5.92 Å². The number of rotatable bonds is 3. The molecule has 1 N–H and O–H groups in total.